The predicted octanol–water partition coefficient (Wildman–Crippen LogP) is 4.28. The number of unbranched alkanes of at least 4 members (excludes halogenated alkanes) is 1. The van der Waals surface area contributed by atoms with E-state index >= 15 is 0 Å². The van der Waals surface area contributed by atoms with Crippen LogP contribution >= 0.6 is 0 Å². The molecular weight excluding hydrogens is 267 g/mol. The molecule has 0 spiro atoms. The minimum atomic E-state index is -0.667. The van der Waals surface area contributed by atoms with Crippen molar-refractivity contribution < 1.29 is 14.2 Å². The molecule has 0 heterocycles. The quantitative estimate of drug-likeness (QED) is 0.770. The summed E-state index contributed by atoms with van der Waals surface area (Å²) in [5.74, 6) is -0.171. The molecule has 1 N–H and O–H groups in total. The van der Waals surface area contributed by atoms with Crippen molar-refractivity contribution in [2.45, 2.75) is 32.3 Å². The van der Waals surface area contributed by atoms with Gasteiger partial charge >= 0.3 is 0 Å². The summed E-state index contributed by atoms with van der Waals surface area (Å²) < 4.78 is 19.2. The van der Waals surface area contributed by atoms with E-state index in [4.69, 9.17) is 4.74 Å². The number of halogens is 1. The van der Waals surface area contributed by atoms with Crippen LogP contribution in [0, 0.1) is 5.82 Å². The van der Waals surface area contributed by atoms with Crippen molar-refractivity contribution in [2.24, 2.45) is 0 Å². The fraction of sp³-hybridized carbons (Fsp3) is 0.333. The average molecular weight is 288 g/mol. The molecule has 0 aliphatic carbocycles. The van der Waals surface area contributed by atoms with Crippen LogP contribution in [-0.4, -0.2) is 11.7 Å². The van der Waals surface area contributed by atoms with Gasteiger partial charge in [-0.05, 0) is 49.4 Å². The van der Waals surface area contributed by atoms with E-state index in [9.17, 15) is 9.50 Å². The Balaban J connectivity index is 1.74. The van der Waals surface area contributed by atoms with E-state index in [1.54, 1.807) is 19.1 Å². The van der Waals surface area contributed by atoms with Gasteiger partial charge in [0, 0.05) is 0 Å². The summed E-state index contributed by atoms with van der Waals surface area (Å²) in [7, 11) is 0. The first-order valence-corrected chi connectivity index (χ1v) is 7.31. The number of ether oxygens (including phenoxy) is 1. The van der Waals surface area contributed by atoms with Crippen molar-refractivity contribution in [1.29, 1.82) is 0 Å². The zero-order valence-corrected chi connectivity index (χ0v) is 12.3. The first-order chi connectivity index (χ1) is 10.2. The second-order valence-electron chi connectivity index (χ2n) is 5.16. The number of hydrogen-bond acceptors (Lipinski definition) is 2. The Hall–Kier alpha value is -1.87. The highest BCUT2D eigenvalue weighted by Gasteiger charge is 2.07. The molecule has 0 aromatic heterocycles. The van der Waals surface area contributed by atoms with E-state index in [0.29, 0.717) is 12.2 Å². The smallest absolute Gasteiger partial charge is 0.165 e. The van der Waals surface area contributed by atoms with E-state index in [1.165, 1.54) is 11.6 Å². The average Bonchev–Trinajstić information content (AvgIpc) is 2.49. The lowest BCUT2D eigenvalue weighted by Gasteiger charge is -2.10. The monoisotopic (exact) mass is 288 g/mol. The molecule has 0 radical (unpaired) electrons. The minimum Gasteiger partial charge on any atom is -0.491 e. The van der Waals surface area contributed by atoms with Gasteiger partial charge in [-0.2, -0.15) is 0 Å². The van der Waals surface area contributed by atoms with Crippen LogP contribution in [0.5, 0.6) is 5.75 Å². The highest BCUT2D eigenvalue weighted by atomic mass is 19.1. The summed E-state index contributed by atoms with van der Waals surface area (Å²) >= 11 is 0. The van der Waals surface area contributed by atoms with Gasteiger partial charge in [0.15, 0.2) is 11.6 Å². The first-order valence-electron chi connectivity index (χ1n) is 7.31. The topological polar surface area (TPSA) is 29.5 Å². The zero-order valence-electron chi connectivity index (χ0n) is 12.3. The molecule has 0 amide bonds. The molecule has 0 saturated carbocycles. The van der Waals surface area contributed by atoms with E-state index < -0.39 is 11.9 Å². The number of aliphatic hydroxyl groups excluding tert-OH is 1. The molecule has 2 aromatic carbocycles. The standard InChI is InChI=1S/C18H21FO2/c1-14(20)16-10-11-18(17(19)13-16)21-12-6-5-9-15-7-3-2-4-8-15/h2-4,7-8,10-11,13-14,20H,5-6,9,12H2,1H3/t14-/m1/s1. The normalized spacial score (nSPS) is 12.1. The van der Waals surface area contributed by atoms with E-state index in [2.05, 4.69) is 12.1 Å². The van der Waals surface area contributed by atoms with Crippen LogP contribution < -0.4 is 4.74 Å². The van der Waals surface area contributed by atoms with Crippen LogP contribution in [-0.2, 0) is 6.42 Å². The maximum atomic E-state index is 13.7. The summed E-state index contributed by atoms with van der Waals surface area (Å²) in [6.07, 6.45) is 2.23. The summed E-state index contributed by atoms with van der Waals surface area (Å²) in [5.41, 5.74) is 1.87. The Morgan fingerprint density at radius 3 is 2.52 bits per heavy atom. The molecule has 0 aliphatic heterocycles. The molecule has 112 valence electrons. The molecule has 0 unspecified atom stereocenters. The van der Waals surface area contributed by atoms with Crippen LogP contribution in [0.3, 0.4) is 0 Å². The molecule has 2 nitrogen and oxygen atoms in total. The summed E-state index contributed by atoms with van der Waals surface area (Å²) in [4.78, 5) is 0. The molecule has 0 saturated heterocycles. The number of hydrogen-bond donors (Lipinski definition) is 1. The summed E-state index contributed by atoms with van der Waals surface area (Å²) in [6, 6.07) is 14.9. The highest BCUT2D eigenvalue weighted by molar-refractivity contribution is 5.30. The maximum Gasteiger partial charge on any atom is 0.165 e. The van der Waals surface area contributed by atoms with Crippen molar-refractivity contribution in [3.8, 4) is 5.75 Å². The van der Waals surface area contributed by atoms with Gasteiger partial charge in [-0.1, -0.05) is 36.4 Å². The van der Waals surface area contributed by atoms with Crippen molar-refractivity contribution in [3.05, 3.63) is 65.5 Å². The second kappa shape index (κ2) is 7.79. The molecule has 21 heavy (non-hydrogen) atoms. The maximum absolute atomic E-state index is 13.7. The molecular formula is C18H21FO2. The predicted molar refractivity (Wildman–Crippen MR) is 81.9 cm³/mol. The summed E-state index contributed by atoms with van der Waals surface area (Å²) in [5, 5.41) is 9.39. The van der Waals surface area contributed by atoms with E-state index in [-0.39, 0.29) is 5.75 Å². The number of rotatable bonds is 7. The van der Waals surface area contributed by atoms with Crippen molar-refractivity contribution in [2.75, 3.05) is 6.61 Å². The second-order valence-corrected chi connectivity index (χ2v) is 5.16. The van der Waals surface area contributed by atoms with E-state index in [1.807, 2.05) is 18.2 Å². The van der Waals surface area contributed by atoms with Crippen molar-refractivity contribution in [1.82, 2.24) is 0 Å². The fourth-order valence-electron chi connectivity index (χ4n) is 2.15. The number of aliphatic hydroxyl groups is 1. The molecule has 0 aliphatic rings. The third-order valence-corrected chi connectivity index (χ3v) is 3.40. The largest absolute Gasteiger partial charge is 0.491 e. The van der Waals surface area contributed by atoms with Gasteiger partial charge in [-0.3, -0.25) is 0 Å². The molecule has 2 rings (SSSR count). The molecule has 0 fully saturated rings. The van der Waals surface area contributed by atoms with Gasteiger partial charge in [0.2, 0.25) is 0 Å². The van der Waals surface area contributed by atoms with Crippen LogP contribution in [0.25, 0.3) is 0 Å². The molecule has 3 heteroatoms. The van der Waals surface area contributed by atoms with Gasteiger partial charge in [-0.15, -0.1) is 0 Å². The Morgan fingerprint density at radius 2 is 1.86 bits per heavy atom. The Bertz CT molecular complexity index is 552. The van der Waals surface area contributed by atoms with E-state index in [0.717, 1.165) is 19.3 Å². The Morgan fingerprint density at radius 1 is 1.10 bits per heavy atom. The van der Waals surface area contributed by atoms with Crippen molar-refractivity contribution in [3.63, 3.8) is 0 Å². The third-order valence-electron chi connectivity index (χ3n) is 3.40. The van der Waals surface area contributed by atoms with Gasteiger partial charge in [0.25, 0.3) is 0 Å². The van der Waals surface area contributed by atoms with Crippen LogP contribution in [0.15, 0.2) is 48.5 Å². The lowest BCUT2D eigenvalue weighted by Crippen LogP contribution is -2.01. The van der Waals surface area contributed by atoms with Crippen LogP contribution in [0.2, 0.25) is 0 Å². The number of aryl methyl sites for hydroxylation is 1. The van der Waals surface area contributed by atoms with Gasteiger partial charge in [0.05, 0.1) is 12.7 Å². The zero-order chi connectivity index (χ0) is 15.1. The molecule has 0 bridgehead atoms. The molecule has 1 atom stereocenters. The van der Waals surface area contributed by atoms with Gasteiger partial charge in [0.1, 0.15) is 0 Å². The SMILES string of the molecule is C[C@@H](O)c1ccc(OCCCCc2ccccc2)c(F)c1. The van der Waals surface area contributed by atoms with Crippen LogP contribution in [0.1, 0.15) is 37.0 Å². The van der Waals surface area contributed by atoms with Gasteiger partial charge < -0.3 is 9.84 Å². The van der Waals surface area contributed by atoms with Gasteiger partial charge in [-0.25, -0.2) is 4.39 Å². The lowest BCUT2D eigenvalue weighted by molar-refractivity contribution is 0.198. The fourth-order valence-corrected chi connectivity index (χ4v) is 2.15. The third kappa shape index (κ3) is 4.87. The molecule has 2 aromatic rings. The lowest BCUT2D eigenvalue weighted by atomic mass is 10.1. The van der Waals surface area contributed by atoms with Crippen LogP contribution in [0.4, 0.5) is 4.39 Å². The Labute approximate surface area is 125 Å². The Kier molecular flexibility index (Phi) is 5.76. The summed E-state index contributed by atoms with van der Waals surface area (Å²) in [6.45, 7) is 2.11. The first kappa shape index (κ1) is 15.5. The van der Waals surface area contributed by atoms with Crippen molar-refractivity contribution >= 4 is 0 Å². The minimum absolute atomic E-state index is 0.249. The highest BCUT2D eigenvalue weighted by Crippen LogP contribution is 2.22. The number of benzene rings is 2.